The number of rotatable bonds is 5. The van der Waals surface area contributed by atoms with Crippen molar-refractivity contribution in [1.82, 2.24) is 29.6 Å². The molecule has 10 nitrogen and oxygen atoms in total. The highest BCUT2D eigenvalue weighted by atomic mass is 32.2. The Morgan fingerprint density at radius 3 is 2.57 bits per heavy atom. The van der Waals surface area contributed by atoms with Crippen LogP contribution in [-0.4, -0.2) is 79.4 Å². The molecule has 1 amide bonds. The number of anilines is 1. The maximum absolute atomic E-state index is 15.0. The second-order valence-electron chi connectivity index (χ2n) is 14.2. The van der Waals surface area contributed by atoms with Crippen LogP contribution in [0.4, 0.5) is 19.4 Å². The number of aryl methyl sites for hydroxylation is 1. The molecule has 1 aromatic carbocycles. The molecule has 258 valence electrons. The van der Waals surface area contributed by atoms with E-state index in [1.807, 2.05) is 42.7 Å². The fourth-order valence-corrected chi connectivity index (χ4v) is 9.35. The summed E-state index contributed by atoms with van der Waals surface area (Å²) in [5.74, 6) is 0.796. The summed E-state index contributed by atoms with van der Waals surface area (Å²) in [5, 5.41) is 7.68. The van der Waals surface area contributed by atoms with Crippen molar-refractivity contribution in [3.05, 3.63) is 35.7 Å². The third kappa shape index (κ3) is 5.59. The van der Waals surface area contributed by atoms with E-state index in [1.165, 1.54) is 23.1 Å². The van der Waals surface area contributed by atoms with E-state index < -0.39 is 12.0 Å². The monoisotopic (exact) mass is 707 g/mol. The molecule has 0 N–H and O–H groups in total. The zero-order valence-corrected chi connectivity index (χ0v) is 29.8. The number of fused-ring (bicyclic) bond motifs is 6. The SMILES string of the molecule is CSc1nc(N2CC3CCC(C2)N3C(=O)OC(C)(C)C)c2c(n1)sc1c(-c3c(C(F)F)c(C)cc4c3cnn4C3CCCCO3)nccc12. The highest BCUT2D eigenvalue weighted by Crippen LogP contribution is 2.47. The number of carbonyl (C=O) groups excluding carboxylic acids is 1. The summed E-state index contributed by atoms with van der Waals surface area (Å²) >= 11 is 2.92. The van der Waals surface area contributed by atoms with E-state index in [4.69, 9.17) is 24.4 Å². The van der Waals surface area contributed by atoms with Crippen molar-refractivity contribution in [2.24, 2.45) is 0 Å². The van der Waals surface area contributed by atoms with Gasteiger partial charge in [-0.15, -0.1) is 11.3 Å². The van der Waals surface area contributed by atoms with Crippen molar-refractivity contribution in [1.29, 1.82) is 0 Å². The van der Waals surface area contributed by atoms with Gasteiger partial charge in [0.1, 0.15) is 16.2 Å². The van der Waals surface area contributed by atoms with Crippen LogP contribution in [-0.2, 0) is 9.47 Å². The fraction of sp³-hybridized carbons (Fsp3) is 0.514. The lowest BCUT2D eigenvalue weighted by molar-refractivity contribution is -0.0366. The summed E-state index contributed by atoms with van der Waals surface area (Å²) in [6.07, 6.45) is 6.71. The first-order valence-corrected chi connectivity index (χ1v) is 18.9. The van der Waals surface area contributed by atoms with Gasteiger partial charge >= 0.3 is 6.09 Å². The van der Waals surface area contributed by atoms with Crippen molar-refractivity contribution in [3.63, 3.8) is 0 Å². The number of benzene rings is 1. The third-order valence-electron chi connectivity index (χ3n) is 9.81. The average molecular weight is 708 g/mol. The Morgan fingerprint density at radius 2 is 1.90 bits per heavy atom. The van der Waals surface area contributed by atoms with Gasteiger partial charge in [-0.1, -0.05) is 11.8 Å². The van der Waals surface area contributed by atoms with E-state index in [2.05, 4.69) is 10.00 Å². The van der Waals surface area contributed by atoms with Gasteiger partial charge < -0.3 is 14.4 Å². The largest absolute Gasteiger partial charge is 0.444 e. The van der Waals surface area contributed by atoms with E-state index in [0.29, 0.717) is 47.1 Å². The molecule has 5 aromatic rings. The fourth-order valence-electron chi connectivity index (χ4n) is 7.77. The molecule has 3 atom stereocenters. The van der Waals surface area contributed by atoms with Gasteiger partial charge in [0, 0.05) is 47.8 Å². The Balaban J connectivity index is 1.27. The maximum Gasteiger partial charge on any atom is 0.410 e. The van der Waals surface area contributed by atoms with Crippen LogP contribution in [0.25, 0.3) is 42.5 Å². The summed E-state index contributed by atoms with van der Waals surface area (Å²) in [4.78, 5) is 32.9. The predicted molar refractivity (Wildman–Crippen MR) is 189 cm³/mol. The molecule has 0 aliphatic carbocycles. The smallest absolute Gasteiger partial charge is 0.410 e. The van der Waals surface area contributed by atoms with Gasteiger partial charge in [-0.3, -0.25) is 9.88 Å². The van der Waals surface area contributed by atoms with Crippen molar-refractivity contribution in [2.45, 2.75) is 95.3 Å². The Kier molecular flexibility index (Phi) is 8.18. The lowest BCUT2D eigenvalue weighted by atomic mass is 9.95. The molecule has 0 radical (unpaired) electrons. The summed E-state index contributed by atoms with van der Waals surface area (Å²) < 4.78 is 44.4. The van der Waals surface area contributed by atoms with Gasteiger partial charge in [-0.25, -0.2) is 28.2 Å². The lowest BCUT2D eigenvalue weighted by Crippen LogP contribution is -2.57. The number of nitrogens with zero attached hydrogens (tertiary/aromatic N) is 7. The molecule has 7 heterocycles. The number of halogens is 2. The quantitative estimate of drug-likeness (QED) is 0.132. The minimum Gasteiger partial charge on any atom is -0.444 e. The first-order chi connectivity index (χ1) is 23.5. The first kappa shape index (κ1) is 32.6. The molecule has 49 heavy (non-hydrogen) atoms. The number of ether oxygens (including phenoxy) is 2. The summed E-state index contributed by atoms with van der Waals surface area (Å²) in [5.41, 5.74) is 1.51. The van der Waals surface area contributed by atoms with Crippen LogP contribution < -0.4 is 4.90 Å². The van der Waals surface area contributed by atoms with Gasteiger partial charge in [-0.2, -0.15) is 5.10 Å². The molecule has 2 bridgehead atoms. The van der Waals surface area contributed by atoms with E-state index in [9.17, 15) is 13.6 Å². The first-order valence-electron chi connectivity index (χ1n) is 16.8. The minimum atomic E-state index is -2.71. The molecule has 4 aromatic heterocycles. The molecule has 3 fully saturated rings. The van der Waals surface area contributed by atoms with Crippen LogP contribution in [0.1, 0.15) is 76.7 Å². The number of pyridine rings is 1. The molecule has 0 spiro atoms. The molecule has 8 rings (SSSR count). The predicted octanol–water partition coefficient (Wildman–Crippen LogP) is 8.51. The molecule has 0 saturated carbocycles. The van der Waals surface area contributed by atoms with Crippen LogP contribution in [0.3, 0.4) is 0 Å². The van der Waals surface area contributed by atoms with Crippen molar-refractivity contribution < 1.29 is 23.0 Å². The van der Waals surface area contributed by atoms with Gasteiger partial charge in [0.15, 0.2) is 11.4 Å². The topological polar surface area (TPSA) is 98.5 Å². The van der Waals surface area contributed by atoms with Crippen LogP contribution in [0, 0.1) is 6.92 Å². The van der Waals surface area contributed by atoms with Gasteiger partial charge in [-0.05, 0) is 83.8 Å². The molecule has 3 aliphatic rings. The van der Waals surface area contributed by atoms with E-state index >= 15 is 0 Å². The van der Waals surface area contributed by atoms with Crippen LogP contribution in [0.15, 0.2) is 29.7 Å². The normalized spacial score (nSPS) is 21.5. The van der Waals surface area contributed by atoms with Crippen molar-refractivity contribution in [3.8, 4) is 11.3 Å². The van der Waals surface area contributed by atoms with Crippen LogP contribution in [0.2, 0.25) is 0 Å². The number of carbonyl (C=O) groups is 1. The van der Waals surface area contributed by atoms with E-state index in [-0.39, 0.29) is 30.0 Å². The molecule has 14 heteroatoms. The van der Waals surface area contributed by atoms with Crippen molar-refractivity contribution in [2.75, 3.05) is 30.9 Å². The number of thioether (sulfide) groups is 1. The summed E-state index contributed by atoms with van der Waals surface area (Å²) in [7, 11) is 0. The third-order valence-corrected chi connectivity index (χ3v) is 11.5. The standard InChI is InChI=1S/C35H39F2N7O3S2/c1-18-14-23-22(15-39-44(23)24-8-6-7-13-46-24)26(25(18)30(36)37)28-29-21(11-12-38-28)27-31(40-33(48-5)41-32(27)49-29)42-16-19-9-10-20(17-42)43(19)34(45)47-35(2,3)4/h11-12,14-15,19-20,24,30H,6-10,13,16-17H2,1-5H3. The molecule has 3 aliphatic heterocycles. The Bertz CT molecular complexity index is 2070. The number of alkyl halides is 2. The van der Waals surface area contributed by atoms with Crippen molar-refractivity contribution >= 4 is 66.2 Å². The molecular weight excluding hydrogens is 669 g/mol. The number of hydrogen-bond acceptors (Lipinski definition) is 10. The van der Waals surface area contributed by atoms with Crippen LogP contribution >= 0.6 is 23.1 Å². The van der Waals surface area contributed by atoms with E-state index in [1.54, 1.807) is 25.4 Å². The zero-order valence-electron chi connectivity index (χ0n) is 28.2. The number of thiophene rings is 1. The van der Waals surface area contributed by atoms with Gasteiger partial charge in [0.25, 0.3) is 6.43 Å². The summed E-state index contributed by atoms with van der Waals surface area (Å²) in [6, 6.07) is 3.73. The highest BCUT2D eigenvalue weighted by molar-refractivity contribution is 7.98. The zero-order chi connectivity index (χ0) is 34.2. The Labute approximate surface area is 291 Å². The Hall–Kier alpha value is -3.62. The second-order valence-corrected chi connectivity index (χ2v) is 15.9. The minimum absolute atomic E-state index is 0.00247. The molecule has 3 saturated heterocycles. The van der Waals surface area contributed by atoms with Gasteiger partial charge in [0.2, 0.25) is 0 Å². The molecular formula is C35H39F2N7O3S2. The number of hydrogen-bond donors (Lipinski definition) is 0. The number of aromatic nitrogens is 5. The number of piperazine rings is 1. The van der Waals surface area contributed by atoms with Crippen LogP contribution in [0.5, 0.6) is 0 Å². The number of amides is 1. The summed E-state index contributed by atoms with van der Waals surface area (Å²) in [6.45, 7) is 9.27. The maximum atomic E-state index is 15.0. The van der Waals surface area contributed by atoms with E-state index in [0.717, 1.165) is 63.7 Å². The second kappa shape index (κ2) is 12.3. The Morgan fingerprint density at radius 1 is 1.12 bits per heavy atom. The average Bonchev–Trinajstić information content (AvgIpc) is 3.74. The molecule has 3 unspecified atom stereocenters. The highest BCUT2D eigenvalue weighted by Gasteiger charge is 2.45. The van der Waals surface area contributed by atoms with Gasteiger partial charge in [0.05, 0.1) is 39.6 Å². The lowest BCUT2D eigenvalue weighted by Gasteiger charge is -2.42.